The minimum atomic E-state index is -0.276. The number of nitrogens with one attached hydrogen (secondary N) is 3. The van der Waals surface area contributed by atoms with Crippen molar-refractivity contribution in [3.63, 3.8) is 0 Å². The van der Waals surface area contributed by atoms with Gasteiger partial charge in [0.1, 0.15) is 18.1 Å². The Labute approximate surface area is 174 Å². The maximum atomic E-state index is 11.7. The fourth-order valence-corrected chi connectivity index (χ4v) is 2.33. The Morgan fingerprint density at radius 1 is 1.07 bits per heavy atom. The number of benzene rings is 2. The molecule has 0 fully saturated rings. The number of para-hydroxylation sites is 3. The molecule has 158 valence electrons. The number of amides is 1. The number of hydrogen-bond donors (Lipinski definition) is 4. The minimum Gasteiger partial charge on any atom is -0.491 e. The first kappa shape index (κ1) is 22.6. The topological polar surface area (TPSA) is 125 Å². The molecule has 9 nitrogen and oxygen atoms in total. The van der Waals surface area contributed by atoms with Crippen LogP contribution < -0.4 is 10.1 Å². The Morgan fingerprint density at radius 3 is 2.47 bits per heavy atom. The number of methoxy groups -OCH3 is 1. The number of rotatable bonds is 6. The molecule has 0 aliphatic carbocycles. The summed E-state index contributed by atoms with van der Waals surface area (Å²) in [7, 11) is 2.66. The minimum absolute atomic E-state index is 0.276. The molecule has 0 aliphatic heterocycles. The molecular weight excluding hydrogens is 386 g/mol. The Bertz CT molecular complexity index is 954. The van der Waals surface area contributed by atoms with Crippen LogP contribution >= 0.6 is 0 Å². The van der Waals surface area contributed by atoms with Crippen molar-refractivity contribution in [3.8, 4) is 5.75 Å². The van der Waals surface area contributed by atoms with Crippen LogP contribution in [0.1, 0.15) is 10.5 Å². The monoisotopic (exact) mass is 411 g/mol. The number of nitrogens with zero attached hydrogens (tertiary/aromatic N) is 2. The van der Waals surface area contributed by atoms with Gasteiger partial charge < -0.3 is 24.5 Å². The predicted molar refractivity (Wildman–Crippen MR) is 115 cm³/mol. The average Bonchev–Trinajstić information content (AvgIpc) is 3.46. The first-order valence-electron chi connectivity index (χ1n) is 9.12. The number of carbonyl (C=O) groups is 1. The molecule has 4 N–H and O–H groups in total. The van der Waals surface area contributed by atoms with Crippen molar-refractivity contribution in [2.24, 2.45) is 0 Å². The largest absolute Gasteiger partial charge is 0.491 e. The Hall–Kier alpha value is -3.69. The van der Waals surface area contributed by atoms with Crippen molar-refractivity contribution in [3.05, 3.63) is 72.8 Å². The fraction of sp³-hybridized carbons (Fsp3) is 0.190. The number of aliphatic hydroxyl groups is 1. The Balaban J connectivity index is 0.000000215. The van der Waals surface area contributed by atoms with E-state index in [0.717, 1.165) is 23.9 Å². The van der Waals surface area contributed by atoms with Gasteiger partial charge in [-0.3, -0.25) is 10.1 Å². The first-order chi connectivity index (χ1) is 14.8. The van der Waals surface area contributed by atoms with Crippen LogP contribution in [0.25, 0.3) is 11.0 Å². The summed E-state index contributed by atoms with van der Waals surface area (Å²) >= 11 is 0. The number of ether oxygens (including phenoxy) is 2. The molecule has 0 unspecified atom stereocenters. The first-order valence-corrected chi connectivity index (χ1v) is 9.12. The molecule has 0 bridgehead atoms. The maximum Gasteiger partial charge on any atom is 0.276 e. The van der Waals surface area contributed by atoms with E-state index in [9.17, 15) is 4.79 Å². The zero-order chi connectivity index (χ0) is 21.6. The number of aromatic amines is 2. The highest BCUT2D eigenvalue weighted by Crippen LogP contribution is 2.13. The third-order valence-corrected chi connectivity index (χ3v) is 3.66. The molecule has 0 aliphatic rings. The third kappa shape index (κ3) is 7.04. The van der Waals surface area contributed by atoms with Gasteiger partial charge in [0, 0.05) is 14.2 Å². The van der Waals surface area contributed by atoms with E-state index >= 15 is 0 Å². The van der Waals surface area contributed by atoms with E-state index in [-0.39, 0.29) is 5.91 Å². The summed E-state index contributed by atoms with van der Waals surface area (Å²) in [6.07, 6.45) is 2.91. The molecule has 0 spiro atoms. The summed E-state index contributed by atoms with van der Waals surface area (Å²) in [6, 6.07) is 17.3. The van der Waals surface area contributed by atoms with Crippen LogP contribution in [-0.4, -0.2) is 58.4 Å². The van der Waals surface area contributed by atoms with Gasteiger partial charge >= 0.3 is 0 Å². The summed E-state index contributed by atoms with van der Waals surface area (Å²) in [5.41, 5.74) is 2.09. The van der Waals surface area contributed by atoms with E-state index in [1.807, 2.05) is 54.6 Å². The zero-order valence-electron chi connectivity index (χ0n) is 16.8. The lowest BCUT2D eigenvalue weighted by Gasteiger charge is -2.03. The van der Waals surface area contributed by atoms with Gasteiger partial charge in [-0.2, -0.15) is 0 Å². The van der Waals surface area contributed by atoms with Crippen LogP contribution in [0.2, 0.25) is 0 Å². The van der Waals surface area contributed by atoms with Crippen LogP contribution in [0.5, 0.6) is 5.75 Å². The van der Waals surface area contributed by atoms with Crippen LogP contribution in [-0.2, 0) is 4.74 Å². The Morgan fingerprint density at radius 2 is 1.80 bits per heavy atom. The van der Waals surface area contributed by atoms with Gasteiger partial charge in [-0.1, -0.05) is 30.3 Å². The highest BCUT2D eigenvalue weighted by molar-refractivity contribution is 6.02. The summed E-state index contributed by atoms with van der Waals surface area (Å²) in [5, 5.41) is 9.66. The number of hydrogen-bond acceptors (Lipinski definition) is 6. The molecule has 2 aromatic heterocycles. The average molecular weight is 411 g/mol. The number of anilines is 1. The molecule has 0 saturated heterocycles. The van der Waals surface area contributed by atoms with Crippen LogP contribution in [0.3, 0.4) is 0 Å². The molecule has 4 rings (SSSR count). The van der Waals surface area contributed by atoms with Gasteiger partial charge in [0.25, 0.3) is 5.91 Å². The smallest absolute Gasteiger partial charge is 0.276 e. The second-order valence-corrected chi connectivity index (χ2v) is 5.68. The van der Waals surface area contributed by atoms with Gasteiger partial charge in [0.05, 0.1) is 30.2 Å². The van der Waals surface area contributed by atoms with E-state index in [4.69, 9.17) is 14.6 Å². The number of carbonyl (C=O) groups excluding carboxylic acids is 1. The summed E-state index contributed by atoms with van der Waals surface area (Å²) in [5.74, 6) is 1.04. The number of aliphatic hydroxyl groups excluding tert-OH is 1. The van der Waals surface area contributed by atoms with Crippen LogP contribution in [0.15, 0.2) is 67.1 Å². The Kier molecular flexibility index (Phi) is 9.57. The van der Waals surface area contributed by atoms with Crippen LogP contribution in [0.4, 0.5) is 5.95 Å². The molecule has 4 aromatic rings. The van der Waals surface area contributed by atoms with Crippen molar-refractivity contribution < 1.29 is 19.4 Å². The predicted octanol–water partition coefficient (Wildman–Crippen LogP) is 2.86. The second-order valence-electron chi connectivity index (χ2n) is 5.68. The van der Waals surface area contributed by atoms with Crippen molar-refractivity contribution in [2.75, 3.05) is 32.8 Å². The number of fused-ring (bicyclic) bond motifs is 1. The normalized spacial score (nSPS) is 9.70. The highest BCUT2D eigenvalue weighted by atomic mass is 16.5. The molecule has 0 radical (unpaired) electrons. The molecular formula is C21H25N5O4. The molecule has 30 heavy (non-hydrogen) atoms. The molecule has 1 amide bonds. The zero-order valence-corrected chi connectivity index (χ0v) is 16.8. The molecule has 2 heterocycles. The summed E-state index contributed by atoms with van der Waals surface area (Å²) < 4.78 is 10.2. The number of imidazole rings is 2. The van der Waals surface area contributed by atoms with E-state index in [1.54, 1.807) is 7.11 Å². The van der Waals surface area contributed by atoms with Gasteiger partial charge in [0.15, 0.2) is 0 Å². The lowest BCUT2D eigenvalue weighted by molar-refractivity contribution is 0.102. The van der Waals surface area contributed by atoms with E-state index in [1.165, 1.54) is 12.5 Å². The van der Waals surface area contributed by atoms with Gasteiger partial charge in [-0.25, -0.2) is 9.97 Å². The summed E-state index contributed by atoms with van der Waals surface area (Å²) in [6.45, 7) is 1.25. The highest BCUT2D eigenvalue weighted by Gasteiger charge is 2.09. The summed E-state index contributed by atoms with van der Waals surface area (Å²) in [4.78, 5) is 25.5. The van der Waals surface area contributed by atoms with Gasteiger partial charge in [-0.05, 0) is 24.3 Å². The van der Waals surface area contributed by atoms with Crippen molar-refractivity contribution >= 4 is 22.9 Å². The van der Waals surface area contributed by atoms with Crippen molar-refractivity contribution in [2.45, 2.75) is 0 Å². The van der Waals surface area contributed by atoms with E-state index in [2.05, 4.69) is 25.3 Å². The number of H-pyrrole nitrogens is 2. The third-order valence-electron chi connectivity index (χ3n) is 3.66. The number of aromatic nitrogens is 4. The molecule has 0 atom stereocenters. The molecule has 2 aromatic carbocycles. The van der Waals surface area contributed by atoms with E-state index < -0.39 is 0 Å². The second kappa shape index (κ2) is 12.7. The standard InChI is InChI=1S/C11H9N5O.C9H12O2.CH4O/c17-10(9-5-12-6-13-9)16-11-14-7-3-1-2-4-8(7)15-11;1-10-7-8-11-9-5-3-2-4-6-9;1-2/h1-6H,(H,12,13)(H2,14,15,16,17);2-6H,7-8H2,1H3;2H,1H3. The SMILES string of the molecule is CO.COCCOc1ccccc1.O=C(Nc1nc2ccccc2[nH]1)c1cnc[nH]1. The lowest BCUT2D eigenvalue weighted by atomic mass is 10.3. The van der Waals surface area contributed by atoms with Crippen molar-refractivity contribution in [1.82, 2.24) is 19.9 Å². The lowest BCUT2D eigenvalue weighted by Crippen LogP contribution is -2.13. The van der Waals surface area contributed by atoms with Gasteiger partial charge in [-0.15, -0.1) is 0 Å². The molecule has 9 heteroatoms. The van der Waals surface area contributed by atoms with Gasteiger partial charge in [0.2, 0.25) is 5.95 Å². The maximum absolute atomic E-state index is 11.7. The van der Waals surface area contributed by atoms with E-state index in [0.29, 0.717) is 24.9 Å². The van der Waals surface area contributed by atoms with Crippen molar-refractivity contribution in [1.29, 1.82) is 0 Å². The fourth-order valence-electron chi connectivity index (χ4n) is 2.33. The van der Waals surface area contributed by atoms with Crippen LogP contribution in [0, 0.1) is 0 Å². The quantitative estimate of drug-likeness (QED) is 0.362. The molecule has 0 saturated carbocycles.